The number of methoxy groups -OCH3 is 1. The number of nitrogens with zero attached hydrogens (tertiary/aromatic N) is 1. The van der Waals surface area contributed by atoms with Crippen LogP contribution in [0.15, 0.2) is 0 Å². The van der Waals surface area contributed by atoms with Gasteiger partial charge in [-0.15, -0.1) is 0 Å². The number of amides is 2. The third kappa shape index (κ3) is 2.48. The van der Waals surface area contributed by atoms with Gasteiger partial charge in [-0.05, 0) is 38.0 Å². The van der Waals surface area contributed by atoms with Gasteiger partial charge in [-0.3, -0.25) is 9.59 Å². The molecular formula is C14H22N2O3. The molecule has 1 N–H and O–H groups in total. The van der Waals surface area contributed by atoms with E-state index < -0.39 is 0 Å². The second-order valence-electron chi connectivity index (χ2n) is 6.13. The first-order valence-corrected chi connectivity index (χ1v) is 7.27. The second-order valence-corrected chi connectivity index (χ2v) is 6.13. The first-order valence-electron chi connectivity index (χ1n) is 7.27. The molecular weight excluding hydrogens is 244 g/mol. The summed E-state index contributed by atoms with van der Waals surface area (Å²) < 4.78 is 5.60. The van der Waals surface area contributed by atoms with Crippen LogP contribution in [0.1, 0.15) is 38.5 Å². The zero-order valence-corrected chi connectivity index (χ0v) is 11.5. The van der Waals surface area contributed by atoms with Gasteiger partial charge in [0.2, 0.25) is 11.8 Å². The lowest BCUT2D eigenvalue weighted by Crippen LogP contribution is -2.54. The highest BCUT2D eigenvalue weighted by atomic mass is 16.5. The minimum atomic E-state index is -0.288. The Bertz CT molecular complexity index is 383. The van der Waals surface area contributed by atoms with Crippen molar-refractivity contribution in [1.29, 1.82) is 0 Å². The molecule has 0 spiro atoms. The molecule has 2 aliphatic carbocycles. The van der Waals surface area contributed by atoms with Crippen molar-refractivity contribution in [2.24, 2.45) is 5.92 Å². The fraction of sp³-hybridized carbons (Fsp3) is 0.857. The van der Waals surface area contributed by atoms with Crippen molar-refractivity contribution >= 4 is 11.8 Å². The number of hydrogen-bond acceptors (Lipinski definition) is 3. The lowest BCUT2D eigenvalue weighted by Gasteiger charge is -2.43. The molecule has 3 aliphatic rings. The van der Waals surface area contributed by atoms with Crippen molar-refractivity contribution in [3.63, 3.8) is 0 Å². The number of nitrogens with one attached hydrogen (secondary N) is 1. The summed E-state index contributed by atoms with van der Waals surface area (Å²) in [5.41, 5.74) is -0.156. The van der Waals surface area contributed by atoms with Gasteiger partial charge in [0.1, 0.15) is 6.04 Å². The maximum absolute atomic E-state index is 12.6. The third-order valence-corrected chi connectivity index (χ3v) is 4.77. The topological polar surface area (TPSA) is 58.6 Å². The summed E-state index contributed by atoms with van der Waals surface area (Å²) in [6.45, 7) is 1.17. The van der Waals surface area contributed by atoms with E-state index in [1.54, 1.807) is 7.11 Å². The largest absolute Gasteiger partial charge is 0.376 e. The minimum absolute atomic E-state index is 0.00725. The standard InChI is InChI=1S/C14H22N2O3/c1-19-14(6-2-7-14)9-16-8-5-11(17)15-12(13(16)18)10-3-4-10/h10,12H,2-9H2,1H3,(H,15,17). The van der Waals surface area contributed by atoms with Crippen molar-refractivity contribution in [2.45, 2.75) is 50.2 Å². The van der Waals surface area contributed by atoms with Gasteiger partial charge < -0.3 is 15.0 Å². The summed E-state index contributed by atoms with van der Waals surface area (Å²) in [7, 11) is 1.73. The molecule has 3 rings (SSSR count). The average molecular weight is 266 g/mol. The van der Waals surface area contributed by atoms with Crippen LogP contribution in [0.3, 0.4) is 0 Å². The summed E-state index contributed by atoms with van der Waals surface area (Å²) in [5, 5.41) is 2.89. The molecule has 0 bridgehead atoms. The van der Waals surface area contributed by atoms with Crippen LogP contribution >= 0.6 is 0 Å². The Kier molecular flexibility index (Phi) is 3.25. The van der Waals surface area contributed by atoms with Gasteiger partial charge >= 0.3 is 0 Å². The highest BCUT2D eigenvalue weighted by Gasteiger charge is 2.45. The molecule has 0 aromatic heterocycles. The smallest absolute Gasteiger partial charge is 0.245 e. The van der Waals surface area contributed by atoms with Gasteiger partial charge in [0, 0.05) is 26.6 Å². The first kappa shape index (κ1) is 12.9. The Morgan fingerprint density at radius 3 is 2.63 bits per heavy atom. The van der Waals surface area contributed by atoms with E-state index in [-0.39, 0.29) is 23.5 Å². The van der Waals surface area contributed by atoms with E-state index in [1.165, 1.54) is 6.42 Å². The molecule has 1 unspecified atom stereocenters. The fourth-order valence-electron chi connectivity index (χ4n) is 3.10. The Labute approximate surface area is 113 Å². The van der Waals surface area contributed by atoms with E-state index in [1.807, 2.05) is 4.90 Å². The fourth-order valence-corrected chi connectivity index (χ4v) is 3.10. The zero-order valence-electron chi connectivity index (χ0n) is 11.5. The summed E-state index contributed by atoms with van der Waals surface area (Å²) in [6, 6.07) is -0.288. The van der Waals surface area contributed by atoms with Crippen molar-refractivity contribution in [3.8, 4) is 0 Å². The van der Waals surface area contributed by atoms with E-state index >= 15 is 0 Å². The van der Waals surface area contributed by atoms with Gasteiger partial charge in [-0.25, -0.2) is 0 Å². The predicted molar refractivity (Wildman–Crippen MR) is 69.4 cm³/mol. The molecule has 1 aliphatic heterocycles. The molecule has 0 aromatic rings. The quantitative estimate of drug-likeness (QED) is 0.814. The molecule has 19 heavy (non-hydrogen) atoms. The Morgan fingerprint density at radius 2 is 2.11 bits per heavy atom. The number of rotatable bonds is 4. The normalized spacial score (nSPS) is 30.6. The molecule has 0 radical (unpaired) electrons. The van der Waals surface area contributed by atoms with Crippen LogP contribution in [0.2, 0.25) is 0 Å². The molecule has 2 saturated carbocycles. The average Bonchev–Trinajstić information content (AvgIpc) is 3.17. The molecule has 1 atom stereocenters. The van der Waals surface area contributed by atoms with E-state index in [0.29, 0.717) is 25.4 Å². The lowest BCUT2D eigenvalue weighted by molar-refractivity contribution is -0.143. The molecule has 1 heterocycles. The van der Waals surface area contributed by atoms with Crippen LogP contribution in [0.5, 0.6) is 0 Å². The Hall–Kier alpha value is -1.10. The van der Waals surface area contributed by atoms with E-state index in [2.05, 4.69) is 5.32 Å². The van der Waals surface area contributed by atoms with Crippen molar-refractivity contribution in [1.82, 2.24) is 10.2 Å². The van der Waals surface area contributed by atoms with Crippen LogP contribution in [0.4, 0.5) is 0 Å². The van der Waals surface area contributed by atoms with Crippen LogP contribution in [0.25, 0.3) is 0 Å². The van der Waals surface area contributed by atoms with Gasteiger partial charge in [-0.2, -0.15) is 0 Å². The summed E-state index contributed by atoms with van der Waals surface area (Å²) in [6.07, 6.45) is 5.72. The van der Waals surface area contributed by atoms with Crippen LogP contribution in [-0.2, 0) is 14.3 Å². The molecule has 5 heteroatoms. The van der Waals surface area contributed by atoms with Crippen molar-refractivity contribution in [2.75, 3.05) is 20.2 Å². The number of carbonyl (C=O) groups is 2. The van der Waals surface area contributed by atoms with E-state index in [0.717, 1.165) is 25.7 Å². The van der Waals surface area contributed by atoms with Gasteiger partial charge in [0.05, 0.1) is 5.60 Å². The first-order chi connectivity index (χ1) is 9.13. The maximum atomic E-state index is 12.6. The van der Waals surface area contributed by atoms with Crippen LogP contribution < -0.4 is 5.32 Å². The van der Waals surface area contributed by atoms with Crippen molar-refractivity contribution < 1.29 is 14.3 Å². The maximum Gasteiger partial charge on any atom is 0.245 e. The Morgan fingerprint density at radius 1 is 1.37 bits per heavy atom. The van der Waals surface area contributed by atoms with Crippen molar-refractivity contribution in [3.05, 3.63) is 0 Å². The van der Waals surface area contributed by atoms with Crippen LogP contribution in [0, 0.1) is 5.92 Å². The van der Waals surface area contributed by atoms with Crippen LogP contribution in [-0.4, -0.2) is 48.6 Å². The Balaban J connectivity index is 1.71. The van der Waals surface area contributed by atoms with E-state index in [9.17, 15) is 9.59 Å². The highest BCUT2D eigenvalue weighted by Crippen LogP contribution is 2.38. The molecule has 5 nitrogen and oxygen atoms in total. The number of hydrogen-bond donors (Lipinski definition) is 1. The second kappa shape index (κ2) is 4.78. The SMILES string of the molecule is COC1(CN2CCC(=O)NC(C3CC3)C2=O)CCC1. The van der Waals surface area contributed by atoms with E-state index in [4.69, 9.17) is 4.74 Å². The summed E-state index contributed by atoms with van der Waals surface area (Å²) >= 11 is 0. The lowest BCUT2D eigenvalue weighted by atomic mass is 9.79. The zero-order chi connectivity index (χ0) is 13.5. The molecule has 2 amide bonds. The molecule has 0 aromatic carbocycles. The third-order valence-electron chi connectivity index (χ3n) is 4.77. The van der Waals surface area contributed by atoms with Gasteiger partial charge in [-0.1, -0.05) is 0 Å². The molecule has 3 fully saturated rings. The van der Waals surface area contributed by atoms with Gasteiger partial charge in [0.25, 0.3) is 0 Å². The summed E-state index contributed by atoms with van der Waals surface area (Å²) in [5.74, 6) is 0.460. The predicted octanol–water partition coefficient (Wildman–Crippen LogP) is 0.683. The van der Waals surface area contributed by atoms with Gasteiger partial charge in [0.15, 0.2) is 0 Å². The monoisotopic (exact) mass is 266 g/mol. The highest BCUT2D eigenvalue weighted by molar-refractivity contribution is 5.90. The number of ether oxygens (including phenoxy) is 1. The summed E-state index contributed by atoms with van der Waals surface area (Å²) in [4.78, 5) is 26.1. The molecule has 1 saturated heterocycles. The number of carbonyl (C=O) groups excluding carboxylic acids is 2. The molecule has 106 valence electrons. The minimum Gasteiger partial charge on any atom is -0.376 e.